The molecule has 1 saturated carbocycles. The van der Waals surface area contributed by atoms with Gasteiger partial charge in [0.25, 0.3) is 0 Å². The summed E-state index contributed by atoms with van der Waals surface area (Å²) >= 11 is 0. The minimum absolute atomic E-state index is 0.296. The Balaban J connectivity index is 1.85. The molecule has 0 radical (unpaired) electrons. The quantitative estimate of drug-likeness (QED) is 0.243. The van der Waals surface area contributed by atoms with Gasteiger partial charge in [0.2, 0.25) is 0 Å². The van der Waals surface area contributed by atoms with Crippen LogP contribution in [0.5, 0.6) is 0 Å². The van der Waals surface area contributed by atoms with E-state index in [1.165, 1.54) is 66.4 Å². The van der Waals surface area contributed by atoms with Crippen molar-refractivity contribution in [2.45, 2.75) is 114 Å². The van der Waals surface area contributed by atoms with Crippen molar-refractivity contribution < 1.29 is 0 Å². The van der Waals surface area contributed by atoms with E-state index in [1.807, 2.05) is 0 Å². The third-order valence-electron chi connectivity index (χ3n) is 8.73. The summed E-state index contributed by atoms with van der Waals surface area (Å²) in [5, 5.41) is 0. The molecule has 2 rings (SSSR count). The maximum Gasteiger partial charge on any atom is -0.0104 e. The molecule has 0 heterocycles. The maximum atomic E-state index is 2.40. The van der Waals surface area contributed by atoms with Gasteiger partial charge in [0.05, 0.1) is 0 Å². The van der Waals surface area contributed by atoms with E-state index in [2.05, 4.69) is 148 Å². The van der Waals surface area contributed by atoms with Gasteiger partial charge in [-0.15, -0.1) is 0 Å². The van der Waals surface area contributed by atoms with Crippen molar-refractivity contribution in [3.05, 3.63) is 118 Å². The Bertz CT molecular complexity index is 1150. The number of hydrogen-bond donors (Lipinski definition) is 0. The zero-order chi connectivity index (χ0) is 29.8. The van der Waals surface area contributed by atoms with E-state index in [-0.39, 0.29) is 0 Å². The molecule has 0 N–H and O–H groups in total. The highest BCUT2D eigenvalue weighted by Crippen LogP contribution is 2.43. The second kappa shape index (κ2) is 16.0. The van der Waals surface area contributed by atoms with E-state index in [4.69, 9.17) is 0 Å². The van der Waals surface area contributed by atoms with Gasteiger partial charge >= 0.3 is 0 Å². The molecule has 2 aliphatic rings. The fourth-order valence-electron chi connectivity index (χ4n) is 6.10. The van der Waals surface area contributed by atoms with Gasteiger partial charge in [-0.3, -0.25) is 0 Å². The van der Waals surface area contributed by atoms with Crippen molar-refractivity contribution in [2.75, 3.05) is 0 Å². The Morgan fingerprint density at radius 3 is 2.00 bits per heavy atom. The van der Waals surface area contributed by atoms with E-state index in [9.17, 15) is 0 Å². The molecule has 0 heteroatoms. The Labute approximate surface area is 248 Å². The van der Waals surface area contributed by atoms with Gasteiger partial charge in [-0.2, -0.15) is 0 Å². The highest BCUT2D eigenvalue weighted by Gasteiger charge is 2.30. The van der Waals surface area contributed by atoms with Crippen LogP contribution < -0.4 is 0 Å². The predicted octanol–water partition coefficient (Wildman–Crippen LogP) is 12.7. The molecule has 2 aliphatic carbocycles. The van der Waals surface area contributed by atoms with Gasteiger partial charge in [0.15, 0.2) is 0 Å². The van der Waals surface area contributed by atoms with Crippen LogP contribution in [0.15, 0.2) is 118 Å². The number of hydrogen-bond acceptors (Lipinski definition) is 0. The minimum Gasteiger partial charge on any atom is -0.0805 e. The van der Waals surface area contributed by atoms with E-state index in [1.54, 1.807) is 11.1 Å². The van der Waals surface area contributed by atoms with Crippen molar-refractivity contribution in [3.63, 3.8) is 0 Å². The first-order chi connectivity index (χ1) is 18.8. The lowest BCUT2D eigenvalue weighted by atomic mass is 9.68. The van der Waals surface area contributed by atoms with Crippen LogP contribution in [0.25, 0.3) is 0 Å². The number of rotatable bonds is 10. The molecular formula is C40H58. The Hall–Kier alpha value is -2.60. The lowest BCUT2D eigenvalue weighted by Gasteiger charge is -2.37. The molecule has 0 aliphatic heterocycles. The molecule has 0 amide bonds. The molecule has 0 aromatic carbocycles. The molecule has 1 unspecified atom stereocenters. The Morgan fingerprint density at radius 2 is 1.35 bits per heavy atom. The Morgan fingerprint density at radius 1 is 0.750 bits per heavy atom. The monoisotopic (exact) mass is 538 g/mol. The fourth-order valence-corrected chi connectivity index (χ4v) is 6.10. The van der Waals surface area contributed by atoms with E-state index in [0.717, 1.165) is 6.42 Å². The summed E-state index contributed by atoms with van der Waals surface area (Å²) in [6, 6.07) is 0. The summed E-state index contributed by atoms with van der Waals surface area (Å²) in [4.78, 5) is 0. The van der Waals surface area contributed by atoms with Crippen LogP contribution in [0.3, 0.4) is 0 Å². The summed E-state index contributed by atoms with van der Waals surface area (Å²) in [6.45, 7) is 22.9. The van der Waals surface area contributed by atoms with Crippen LogP contribution in [0.1, 0.15) is 114 Å². The van der Waals surface area contributed by atoms with Gasteiger partial charge in [-0.1, -0.05) is 153 Å². The van der Waals surface area contributed by atoms with E-state index < -0.39 is 0 Å². The first-order valence-corrected chi connectivity index (χ1v) is 15.6. The SMILES string of the molecule is CC(C=CCC=C(C)C=CC=C(C)C=CC1=C(C)CCCC1(C)C)=CC=CC(C)=CC=C1C(C)CCCC1(C)C. The molecule has 0 bridgehead atoms. The highest BCUT2D eigenvalue weighted by molar-refractivity contribution is 5.37. The summed E-state index contributed by atoms with van der Waals surface area (Å²) in [5.41, 5.74) is 10.4. The minimum atomic E-state index is 0.296. The van der Waals surface area contributed by atoms with Gasteiger partial charge in [0.1, 0.15) is 0 Å². The smallest absolute Gasteiger partial charge is 0.0104 e. The molecule has 0 nitrogen and oxygen atoms in total. The van der Waals surface area contributed by atoms with Gasteiger partial charge in [-0.05, 0) is 95.5 Å². The summed E-state index contributed by atoms with van der Waals surface area (Å²) in [7, 11) is 0. The normalized spacial score (nSPS) is 24.6. The van der Waals surface area contributed by atoms with Crippen molar-refractivity contribution in [1.29, 1.82) is 0 Å². The lowest BCUT2D eigenvalue weighted by Crippen LogP contribution is -2.24. The Kier molecular flexibility index (Phi) is 13.4. The van der Waals surface area contributed by atoms with Crippen molar-refractivity contribution in [3.8, 4) is 0 Å². The molecule has 0 aromatic rings. The second-order valence-electron chi connectivity index (χ2n) is 13.6. The standard InChI is InChI=1S/C40H58/c1-31(19-13-21-33(3)25-27-37-35(5)23-15-29-39(37,7)8)17-11-12-18-32(2)20-14-22-34(4)26-28-38-36(6)24-16-30-40(38,9)10/h11,13-14,17-22,25-28,35H,12,15-16,23-24,29-30H2,1-10H3. The molecule has 0 saturated heterocycles. The van der Waals surface area contributed by atoms with E-state index >= 15 is 0 Å². The first kappa shape index (κ1) is 33.6. The van der Waals surface area contributed by atoms with Crippen LogP contribution >= 0.6 is 0 Å². The molecule has 0 aromatic heterocycles. The van der Waals surface area contributed by atoms with Crippen molar-refractivity contribution in [1.82, 2.24) is 0 Å². The van der Waals surface area contributed by atoms with Crippen molar-refractivity contribution >= 4 is 0 Å². The fraction of sp³-hybridized carbons (Fsp3) is 0.500. The molecule has 0 spiro atoms. The van der Waals surface area contributed by atoms with Crippen LogP contribution in [0, 0.1) is 16.7 Å². The molecule has 40 heavy (non-hydrogen) atoms. The van der Waals surface area contributed by atoms with Gasteiger partial charge in [-0.25, -0.2) is 0 Å². The lowest BCUT2D eigenvalue weighted by molar-refractivity contribution is 0.290. The van der Waals surface area contributed by atoms with Crippen molar-refractivity contribution in [2.24, 2.45) is 16.7 Å². The van der Waals surface area contributed by atoms with Crippen LogP contribution in [-0.4, -0.2) is 0 Å². The third-order valence-corrected chi connectivity index (χ3v) is 8.73. The van der Waals surface area contributed by atoms with Gasteiger partial charge in [0, 0.05) is 0 Å². The average molecular weight is 539 g/mol. The third kappa shape index (κ3) is 11.5. The largest absolute Gasteiger partial charge is 0.0805 e. The maximum absolute atomic E-state index is 2.40. The molecule has 218 valence electrons. The molecular weight excluding hydrogens is 480 g/mol. The zero-order valence-corrected chi connectivity index (χ0v) is 27.5. The van der Waals surface area contributed by atoms with Crippen LogP contribution in [0.4, 0.5) is 0 Å². The number of allylic oxidation sites excluding steroid dienone is 20. The summed E-state index contributed by atoms with van der Waals surface area (Å²) in [6.07, 6.45) is 37.9. The van der Waals surface area contributed by atoms with Crippen LogP contribution in [-0.2, 0) is 0 Å². The predicted molar refractivity (Wildman–Crippen MR) is 181 cm³/mol. The average Bonchev–Trinajstić information content (AvgIpc) is 2.85. The first-order valence-electron chi connectivity index (χ1n) is 15.6. The van der Waals surface area contributed by atoms with E-state index in [0.29, 0.717) is 16.7 Å². The summed E-state index contributed by atoms with van der Waals surface area (Å²) < 4.78 is 0. The zero-order valence-electron chi connectivity index (χ0n) is 27.5. The topological polar surface area (TPSA) is 0 Å². The van der Waals surface area contributed by atoms with Gasteiger partial charge < -0.3 is 0 Å². The highest BCUT2D eigenvalue weighted by atomic mass is 14.4. The molecule has 1 fully saturated rings. The second-order valence-corrected chi connectivity index (χ2v) is 13.6. The molecule has 1 atom stereocenters. The van der Waals surface area contributed by atoms with Crippen LogP contribution in [0.2, 0.25) is 0 Å². The summed E-state index contributed by atoms with van der Waals surface area (Å²) in [5.74, 6) is 0.696.